The first-order valence-corrected chi connectivity index (χ1v) is 14.5. The zero-order valence-corrected chi connectivity index (χ0v) is 23.2. The van der Waals surface area contributed by atoms with Gasteiger partial charge in [-0.1, -0.05) is 29.3 Å². The Morgan fingerprint density at radius 1 is 1.08 bits per heavy atom. The highest BCUT2D eigenvalue weighted by molar-refractivity contribution is 6.35. The van der Waals surface area contributed by atoms with E-state index in [4.69, 9.17) is 47.4 Å². The third-order valence-corrected chi connectivity index (χ3v) is 8.59. The summed E-state index contributed by atoms with van der Waals surface area (Å²) in [6.07, 6.45) is 3.92. The highest BCUT2D eigenvalue weighted by atomic mass is 35.5. The van der Waals surface area contributed by atoms with E-state index in [1.165, 1.54) is 0 Å². The second kappa shape index (κ2) is 11.8. The average Bonchev–Trinajstić information content (AvgIpc) is 3.40. The van der Waals surface area contributed by atoms with Crippen molar-refractivity contribution in [2.24, 2.45) is 0 Å². The highest BCUT2D eigenvalue weighted by Gasteiger charge is 2.39. The molecule has 1 aromatic carbocycles. The number of hydrogen-bond donors (Lipinski definition) is 2. The van der Waals surface area contributed by atoms with Gasteiger partial charge in [-0.05, 0) is 24.1 Å². The Morgan fingerprint density at radius 2 is 1.92 bits per heavy atom. The summed E-state index contributed by atoms with van der Waals surface area (Å²) in [5.41, 5.74) is 3.22. The maximum atomic E-state index is 6.42. The minimum atomic E-state index is -0.321. The normalized spacial score (nSPS) is 23.5. The number of anilines is 2. The zero-order chi connectivity index (χ0) is 26.0. The number of nitrogens with zero attached hydrogens (tertiary/aromatic N) is 4. The fraction of sp³-hybridized carbons (Fsp3) is 0.630. The van der Waals surface area contributed by atoms with Crippen molar-refractivity contribution in [3.8, 4) is 0 Å². The monoisotopic (exact) mass is 562 g/mol. The lowest BCUT2D eigenvalue weighted by atomic mass is 10.0. The standard InChI is InChI=1S/C27H36Cl2N6O3/c28-20-2-1-19(23(29)15-20)16-31-25-22-17-30-7-3-24(22)32-26(33-25)35-11-12-36-21(18-35)4-8-34-9-5-27(6-10-34)37-13-14-38-27/h1-2,15,21,30H,3-14,16-18H2,(H,31,32,33). The molecule has 0 aliphatic carbocycles. The SMILES string of the molecule is Clc1ccc(CNc2nc(N3CCOC(CCN4CCC5(CC4)OCCO5)C3)nc3c2CNCC3)c(Cl)c1. The first-order valence-electron chi connectivity index (χ1n) is 13.7. The number of hydrogen-bond acceptors (Lipinski definition) is 9. The molecule has 206 valence electrons. The number of piperidine rings is 1. The Bertz CT molecular complexity index is 1120. The summed E-state index contributed by atoms with van der Waals surface area (Å²) in [6, 6.07) is 5.58. The van der Waals surface area contributed by atoms with Crippen LogP contribution < -0.4 is 15.5 Å². The van der Waals surface area contributed by atoms with Crippen LogP contribution in [-0.4, -0.2) is 85.8 Å². The Hall–Kier alpha value is -1.72. The Labute approximate surface area is 234 Å². The summed E-state index contributed by atoms with van der Waals surface area (Å²) in [6.45, 7) is 8.98. The van der Waals surface area contributed by atoms with Crippen molar-refractivity contribution in [1.82, 2.24) is 20.2 Å². The van der Waals surface area contributed by atoms with E-state index in [-0.39, 0.29) is 11.9 Å². The quantitative estimate of drug-likeness (QED) is 0.526. The average molecular weight is 564 g/mol. The number of rotatable bonds is 7. The van der Waals surface area contributed by atoms with E-state index in [0.29, 0.717) is 23.2 Å². The molecule has 5 heterocycles. The highest BCUT2D eigenvalue weighted by Crippen LogP contribution is 2.32. The second-order valence-corrected chi connectivity index (χ2v) is 11.3. The van der Waals surface area contributed by atoms with Crippen LogP contribution in [0.4, 0.5) is 11.8 Å². The predicted molar refractivity (Wildman–Crippen MR) is 148 cm³/mol. The molecule has 11 heteroatoms. The molecule has 4 aliphatic rings. The number of likely N-dealkylation sites (tertiary alicyclic amines) is 1. The Balaban J connectivity index is 1.09. The number of morpholine rings is 1. The van der Waals surface area contributed by atoms with E-state index in [1.54, 1.807) is 6.07 Å². The van der Waals surface area contributed by atoms with Crippen LogP contribution in [0, 0.1) is 0 Å². The van der Waals surface area contributed by atoms with Gasteiger partial charge in [0.15, 0.2) is 5.79 Å². The van der Waals surface area contributed by atoms with Crippen LogP contribution >= 0.6 is 23.2 Å². The predicted octanol–water partition coefficient (Wildman–Crippen LogP) is 3.48. The fourth-order valence-electron chi connectivity index (χ4n) is 5.77. The summed E-state index contributed by atoms with van der Waals surface area (Å²) in [7, 11) is 0. The van der Waals surface area contributed by atoms with Crippen molar-refractivity contribution in [1.29, 1.82) is 0 Å². The number of fused-ring (bicyclic) bond motifs is 1. The van der Waals surface area contributed by atoms with E-state index < -0.39 is 0 Å². The summed E-state index contributed by atoms with van der Waals surface area (Å²) in [5.74, 6) is 1.32. The topological polar surface area (TPSA) is 84.0 Å². The molecule has 38 heavy (non-hydrogen) atoms. The molecule has 9 nitrogen and oxygen atoms in total. The van der Waals surface area contributed by atoms with Crippen LogP contribution in [0.25, 0.3) is 0 Å². The van der Waals surface area contributed by atoms with Crippen molar-refractivity contribution >= 4 is 35.0 Å². The lowest BCUT2D eigenvalue weighted by molar-refractivity contribution is -0.185. The first-order chi connectivity index (χ1) is 18.6. The minimum Gasteiger partial charge on any atom is -0.374 e. The summed E-state index contributed by atoms with van der Waals surface area (Å²) >= 11 is 12.5. The van der Waals surface area contributed by atoms with Gasteiger partial charge in [0.25, 0.3) is 0 Å². The molecule has 6 rings (SSSR count). The molecule has 0 bridgehead atoms. The van der Waals surface area contributed by atoms with Gasteiger partial charge in [0.2, 0.25) is 5.95 Å². The van der Waals surface area contributed by atoms with Gasteiger partial charge in [-0.2, -0.15) is 4.98 Å². The molecule has 1 spiro atoms. The van der Waals surface area contributed by atoms with Crippen LogP contribution in [0.1, 0.15) is 36.1 Å². The van der Waals surface area contributed by atoms with Gasteiger partial charge in [-0.25, -0.2) is 4.98 Å². The van der Waals surface area contributed by atoms with Crippen molar-refractivity contribution in [3.63, 3.8) is 0 Å². The second-order valence-electron chi connectivity index (χ2n) is 10.5. The smallest absolute Gasteiger partial charge is 0.227 e. The number of nitrogens with one attached hydrogen (secondary N) is 2. The van der Waals surface area contributed by atoms with Gasteiger partial charge in [-0.15, -0.1) is 0 Å². The molecular formula is C27H36Cl2N6O3. The van der Waals surface area contributed by atoms with E-state index >= 15 is 0 Å². The van der Waals surface area contributed by atoms with Crippen LogP contribution in [-0.2, 0) is 33.7 Å². The molecule has 1 aromatic heterocycles. The molecule has 3 fully saturated rings. The lowest BCUT2D eigenvalue weighted by Gasteiger charge is -2.39. The van der Waals surface area contributed by atoms with Crippen molar-refractivity contribution in [2.45, 2.75) is 50.7 Å². The molecule has 4 aliphatic heterocycles. The largest absolute Gasteiger partial charge is 0.374 e. The fourth-order valence-corrected chi connectivity index (χ4v) is 6.24. The van der Waals surface area contributed by atoms with Crippen LogP contribution in [0.15, 0.2) is 18.2 Å². The third-order valence-electron chi connectivity index (χ3n) is 8.00. The van der Waals surface area contributed by atoms with Crippen LogP contribution in [0.3, 0.4) is 0 Å². The van der Waals surface area contributed by atoms with E-state index in [0.717, 1.165) is 113 Å². The summed E-state index contributed by atoms with van der Waals surface area (Å²) < 4.78 is 17.9. The van der Waals surface area contributed by atoms with E-state index in [1.807, 2.05) is 12.1 Å². The van der Waals surface area contributed by atoms with Crippen molar-refractivity contribution in [2.75, 3.05) is 69.3 Å². The maximum absolute atomic E-state index is 6.42. The maximum Gasteiger partial charge on any atom is 0.227 e. The van der Waals surface area contributed by atoms with E-state index in [9.17, 15) is 0 Å². The molecular weight excluding hydrogens is 527 g/mol. The lowest BCUT2D eigenvalue weighted by Crippen LogP contribution is -2.48. The molecule has 0 radical (unpaired) electrons. The van der Waals surface area contributed by atoms with Gasteiger partial charge in [0.05, 0.1) is 31.6 Å². The first kappa shape index (κ1) is 26.5. The molecule has 0 amide bonds. The number of ether oxygens (including phenoxy) is 3. The van der Waals surface area contributed by atoms with Gasteiger partial charge in [-0.3, -0.25) is 0 Å². The minimum absolute atomic E-state index is 0.157. The van der Waals surface area contributed by atoms with Gasteiger partial charge >= 0.3 is 0 Å². The summed E-state index contributed by atoms with van der Waals surface area (Å²) in [4.78, 5) is 14.8. The Morgan fingerprint density at radius 3 is 2.74 bits per heavy atom. The van der Waals surface area contributed by atoms with Crippen LogP contribution in [0.2, 0.25) is 10.0 Å². The van der Waals surface area contributed by atoms with Gasteiger partial charge < -0.3 is 34.6 Å². The number of halogens is 2. The van der Waals surface area contributed by atoms with E-state index in [2.05, 4.69) is 20.4 Å². The van der Waals surface area contributed by atoms with Crippen molar-refractivity contribution in [3.05, 3.63) is 45.1 Å². The molecule has 1 atom stereocenters. The number of aromatic nitrogens is 2. The summed E-state index contributed by atoms with van der Waals surface area (Å²) in [5, 5.41) is 8.26. The third kappa shape index (κ3) is 6.04. The molecule has 2 aromatic rings. The van der Waals surface area contributed by atoms with Gasteiger partial charge in [0.1, 0.15) is 5.82 Å². The number of benzene rings is 1. The van der Waals surface area contributed by atoms with Crippen molar-refractivity contribution < 1.29 is 14.2 Å². The Kier molecular flexibility index (Phi) is 8.23. The molecule has 3 saturated heterocycles. The van der Waals surface area contributed by atoms with Crippen LogP contribution in [0.5, 0.6) is 0 Å². The molecule has 0 saturated carbocycles. The van der Waals surface area contributed by atoms with Gasteiger partial charge in [0, 0.05) is 87.2 Å². The molecule has 2 N–H and O–H groups in total. The molecule has 1 unspecified atom stereocenters. The zero-order valence-electron chi connectivity index (χ0n) is 21.7.